The van der Waals surface area contributed by atoms with Crippen LogP contribution in [0.3, 0.4) is 0 Å². The van der Waals surface area contributed by atoms with Crippen LogP contribution < -0.4 is 14.2 Å². The van der Waals surface area contributed by atoms with Crippen LogP contribution in [0.25, 0.3) is 28.2 Å². The molecule has 26 heavy (non-hydrogen) atoms. The van der Waals surface area contributed by atoms with E-state index in [0.29, 0.717) is 40.0 Å². The minimum Gasteiger partial charge on any atom is -0.497 e. The molecule has 0 aliphatic carbocycles. The van der Waals surface area contributed by atoms with E-state index in [0.717, 1.165) is 11.3 Å². The predicted octanol–water partition coefficient (Wildman–Crippen LogP) is 2.67. The van der Waals surface area contributed by atoms with E-state index >= 15 is 0 Å². The fraction of sp³-hybridized carbons (Fsp3) is 0.222. The standard InChI is InChI=1S/C18H17N5O3/c1-10-16-22-21-14-5-6-15(26-4)20-18(14)23(16)17(19-10)11-7-12(24-2)9-13(8-11)25-3/h5-9H,1-4H3. The van der Waals surface area contributed by atoms with Crippen LogP contribution in [-0.4, -0.2) is 45.9 Å². The molecule has 0 saturated carbocycles. The van der Waals surface area contributed by atoms with E-state index in [2.05, 4.69) is 20.2 Å². The van der Waals surface area contributed by atoms with Gasteiger partial charge in [0.05, 0.1) is 27.0 Å². The maximum absolute atomic E-state index is 5.38. The summed E-state index contributed by atoms with van der Waals surface area (Å²) < 4.78 is 17.9. The Morgan fingerprint density at radius 3 is 2.19 bits per heavy atom. The molecule has 1 aromatic carbocycles. The fourth-order valence-electron chi connectivity index (χ4n) is 2.85. The highest BCUT2D eigenvalue weighted by Crippen LogP contribution is 2.31. The summed E-state index contributed by atoms with van der Waals surface area (Å²) in [6.07, 6.45) is 0. The molecular weight excluding hydrogens is 334 g/mol. The van der Waals surface area contributed by atoms with Gasteiger partial charge in [0.25, 0.3) is 0 Å². The topological polar surface area (TPSA) is 83.7 Å². The Morgan fingerprint density at radius 2 is 1.54 bits per heavy atom. The summed E-state index contributed by atoms with van der Waals surface area (Å²) in [7, 11) is 4.80. The summed E-state index contributed by atoms with van der Waals surface area (Å²) in [6.45, 7) is 1.89. The maximum atomic E-state index is 5.38. The molecule has 0 radical (unpaired) electrons. The van der Waals surface area contributed by atoms with Crippen molar-refractivity contribution in [3.63, 3.8) is 0 Å². The van der Waals surface area contributed by atoms with Gasteiger partial charge in [-0.3, -0.25) is 4.40 Å². The largest absolute Gasteiger partial charge is 0.497 e. The van der Waals surface area contributed by atoms with E-state index in [1.165, 1.54) is 0 Å². The first kappa shape index (κ1) is 16.1. The zero-order valence-corrected chi connectivity index (χ0v) is 14.8. The number of imidazole rings is 1. The Hall–Kier alpha value is -3.42. The smallest absolute Gasteiger partial charge is 0.215 e. The third kappa shape index (κ3) is 2.46. The van der Waals surface area contributed by atoms with Crippen LogP contribution in [-0.2, 0) is 0 Å². The van der Waals surface area contributed by atoms with Crippen molar-refractivity contribution in [1.82, 2.24) is 24.6 Å². The summed E-state index contributed by atoms with van der Waals surface area (Å²) in [5, 5.41) is 8.54. The van der Waals surface area contributed by atoms with Gasteiger partial charge >= 0.3 is 0 Å². The molecule has 4 aromatic rings. The second-order valence-corrected chi connectivity index (χ2v) is 5.68. The average molecular weight is 351 g/mol. The average Bonchev–Trinajstić information content (AvgIpc) is 3.04. The lowest BCUT2D eigenvalue weighted by Gasteiger charge is -2.09. The van der Waals surface area contributed by atoms with Crippen LogP contribution in [0, 0.1) is 6.92 Å². The third-order valence-electron chi connectivity index (χ3n) is 4.13. The molecule has 0 bridgehead atoms. The van der Waals surface area contributed by atoms with Gasteiger partial charge in [-0.25, -0.2) is 4.98 Å². The maximum Gasteiger partial charge on any atom is 0.215 e. The van der Waals surface area contributed by atoms with Crippen LogP contribution in [0.2, 0.25) is 0 Å². The molecule has 4 rings (SSSR count). The predicted molar refractivity (Wildman–Crippen MR) is 95.9 cm³/mol. The first-order chi connectivity index (χ1) is 12.6. The van der Waals surface area contributed by atoms with E-state index in [9.17, 15) is 0 Å². The number of methoxy groups -OCH3 is 3. The number of aryl methyl sites for hydroxylation is 1. The molecule has 0 atom stereocenters. The number of fused-ring (bicyclic) bond motifs is 3. The number of benzene rings is 1. The molecule has 0 aliphatic rings. The Morgan fingerprint density at radius 1 is 0.808 bits per heavy atom. The van der Waals surface area contributed by atoms with E-state index in [1.54, 1.807) is 27.4 Å². The summed E-state index contributed by atoms with van der Waals surface area (Å²) >= 11 is 0. The van der Waals surface area contributed by atoms with Crippen LogP contribution >= 0.6 is 0 Å². The number of hydrogen-bond donors (Lipinski definition) is 0. The highest BCUT2D eigenvalue weighted by molar-refractivity contribution is 5.78. The molecule has 0 amide bonds. The third-order valence-corrected chi connectivity index (χ3v) is 4.13. The Balaban J connectivity index is 2.08. The summed E-state index contributed by atoms with van der Waals surface area (Å²) in [5.74, 6) is 2.51. The number of pyridine rings is 1. The van der Waals surface area contributed by atoms with E-state index in [1.807, 2.05) is 35.6 Å². The SMILES string of the molecule is COc1cc(OC)cc(-c2nc(C)c3nnc4ccc(OC)nc4n23)c1. The molecule has 132 valence electrons. The number of rotatable bonds is 4. The summed E-state index contributed by atoms with van der Waals surface area (Å²) in [6, 6.07) is 9.16. The lowest BCUT2D eigenvalue weighted by atomic mass is 10.2. The van der Waals surface area contributed by atoms with Gasteiger partial charge < -0.3 is 14.2 Å². The fourth-order valence-corrected chi connectivity index (χ4v) is 2.85. The number of ether oxygens (including phenoxy) is 3. The van der Waals surface area contributed by atoms with E-state index < -0.39 is 0 Å². The van der Waals surface area contributed by atoms with Gasteiger partial charge in [-0.15, -0.1) is 10.2 Å². The van der Waals surface area contributed by atoms with Crippen molar-refractivity contribution >= 4 is 16.8 Å². The van der Waals surface area contributed by atoms with Crippen molar-refractivity contribution in [2.75, 3.05) is 21.3 Å². The summed E-state index contributed by atoms with van der Waals surface area (Å²) in [4.78, 5) is 9.23. The zero-order valence-electron chi connectivity index (χ0n) is 14.8. The molecule has 0 aliphatic heterocycles. The lowest BCUT2D eigenvalue weighted by molar-refractivity contribution is 0.394. The van der Waals surface area contributed by atoms with Gasteiger partial charge in [-0.1, -0.05) is 0 Å². The minimum absolute atomic E-state index is 0.493. The quantitative estimate of drug-likeness (QED) is 0.559. The van der Waals surface area contributed by atoms with Crippen molar-refractivity contribution in [1.29, 1.82) is 0 Å². The van der Waals surface area contributed by atoms with Crippen molar-refractivity contribution in [2.24, 2.45) is 0 Å². The monoisotopic (exact) mass is 351 g/mol. The normalized spacial score (nSPS) is 11.1. The van der Waals surface area contributed by atoms with Gasteiger partial charge in [-0.2, -0.15) is 4.98 Å². The van der Waals surface area contributed by atoms with Gasteiger partial charge in [0, 0.05) is 17.7 Å². The van der Waals surface area contributed by atoms with Gasteiger partial charge in [0.1, 0.15) is 22.8 Å². The number of nitrogens with zero attached hydrogens (tertiary/aromatic N) is 5. The van der Waals surface area contributed by atoms with Crippen molar-refractivity contribution in [3.8, 4) is 28.8 Å². The van der Waals surface area contributed by atoms with E-state index in [-0.39, 0.29) is 0 Å². The molecule has 0 saturated heterocycles. The second-order valence-electron chi connectivity index (χ2n) is 5.68. The second kappa shape index (κ2) is 6.14. The van der Waals surface area contributed by atoms with Crippen LogP contribution in [0.15, 0.2) is 30.3 Å². The van der Waals surface area contributed by atoms with Crippen LogP contribution in [0.1, 0.15) is 5.69 Å². The van der Waals surface area contributed by atoms with Crippen LogP contribution in [0.4, 0.5) is 0 Å². The molecule has 8 nitrogen and oxygen atoms in total. The van der Waals surface area contributed by atoms with Crippen molar-refractivity contribution < 1.29 is 14.2 Å². The molecule has 0 fully saturated rings. The van der Waals surface area contributed by atoms with Crippen molar-refractivity contribution in [3.05, 3.63) is 36.0 Å². The molecule has 0 N–H and O–H groups in total. The van der Waals surface area contributed by atoms with Crippen LogP contribution in [0.5, 0.6) is 17.4 Å². The Labute approximate surface area is 149 Å². The van der Waals surface area contributed by atoms with Gasteiger partial charge in [0.2, 0.25) is 5.88 Å². The number of aromatic nitrogens is 5. The lowest BCUT2D eigenvalue weighted by Crippen LogP contribution is -2.01. The highest BCUT2D eigenvalue weighted by Gasteiger charge is 2.17. The Kier molecular flexibility index (Phi) is 3.80. The molecule has 8 heteroatoms. The van der Waals surface area contributed by atoms with Gasteiger partial charge in [0.15, 0.2) is 11.3 Å². The Bertz CT molecular complexity index is 1100. The molecule has 0 spiro atoms. The molecule has 3 heterocycles. The zero-order chi connectivity index (χ0) is 18.3. The number of hydrogen-bond acceptors (Lipinski definition) is 7. The highest BCUT2D eigenvalue weighted by atomic mass is 16.5. The van der Waals surface area contributed by atoms with Crippen molar-refractivity contribution in [2.45, 2.75) is 6.92 Å². The minimum atomic E-state index is 0.493. The summed E-state index contributed by atoms with van der Waals surface area (Å²) in [5.41, 5.74) is 3.47. The molecular formula is C18H17N5O3. The molecule has 0 unspecified atom stereocenters. The van der Waals surface area contributed by atoms with Gasteiger partial charge in [-0.05, 0) is 25.1 Å². The molecule has 3 aromatic heterocycles. The first-order valence-electron chi connectivity index (χ1n) is 7.94. The first-order valence-corrected chi connectivity index (χ1v) is 7.94. The van der Waals surface area contributed by atoms with E-state index in [4.69, 9.17) is 14.2 Å².